The predicted octanol–water partition coefficient (Wildman–Crippen LogP) is 3.15. The molecule has 1 aliphatic rings. The monoisotopic (exact) mass is 331 g/mol. The standard InChI is InChI=1S/C18H21NO3S/c1-15-8-10-17(11-9-15)23(20,21)19-12-5-13-22-18(14-19)16-6-3-2-4-7-16/h2-4,6-11,18H,5,12-14H2,1H3. The molecule has 0 N–H and O–H groups in total. The topological polar surface area (TPSA) is 46.6 Å². The second-order valence-electron chi connectivity index (χ2n) is 5.80. The minimum absolute atomic E-state index is 0.223. The van der Waals surface area contributed by atoms with E-state index in [9.17, 15) is 8.42 Å². The van der Waals surface area contributed by atoms with Gasteiger partial charge in [-0.1, -0.05) is 48.0 Å². The molecule has 1 unspecified atom stereocenters. The molecular weight excluding hydrogens is 310 g/mol. The molecule has 5 heteroatoms. The molecule has 2 aromatic carbocycles. The third-order valence-electron chi connectivity index (χ3n) is 4.07. The Labute approximate surface area is 137 Å². The van der Waals surface area contributed by atoms with E-state index in [1.165, 1.54) is 0 Å². The summed E-state index contributed by atoms with van der Waals surface area (Å²) in [6, 6.07) is 16.8. The second kappa shape index (κ2) is 6.83. The molecule has 2 aromatic rings. The first-order valence-electron chi connectivity index (χ1n) is 7.81. The molecule has 0 bridgehead atoms. The fourth-order valence-corrected chi connectivity index (χ4v) is 4.22. The van der Waals surface area contributed by atoms with Crippen molar-refractivity contribution in [3.8, 4) is 0 Å². The number of ether oxygens (including phenoxy) is 1. The van der Waals surface area contributed by atoms with Crippen LogP contribution in [-0.4, -0.2) is 32.4 Å². The lowest BCUT2D eigenvalue weighted by Crippen LogP contribution is -2.34. The molecule has 122 valence electrons. The lowest BCUT2D eigenvalue weighted by molar-refractivity contribution is 0.0613. The molecular formula is C18H21NO3S. The number of rotatable bonds is 3. The highest BCUT2D eigenvalue weighted by Gasteiger charge is 2.29. The fraction of sp³-hybridized carbons (Fsp3) is 0.333. The van der Waals surface area contributed by atoms with Gasteiger partial charge in [0.2, 0.25) is 10.0 Å². The zero-order valence-corrected chi connectivity index (χ0v) is 14.0. The van der Waals surface area contributed by atoms with E-state index < -0.39 is 10.0 Å². The predicted molar refractivity (Wildman–Crippen MR) is 89.7 cm³/mol. The zero-order valence-electron chi connectivity index (χ0n) is 13.2. The van der Waals surface area contributed by atoms with Crippen molar-refractivity contribution in [3.05, 3.63) is 65.7 Å². The van der Waals surface area contributed by atoms with Gasteiger partial charge in [0, 0.05) is 19.7 Å². The largest absolute Gasteiger partial charge is 0.372 e. The van der Waals surface area contributed by atoms with E-state index in [-0.39, 0.29) is 6.10 Å². The van der Waals surface area contributed by atoms with Crippen molar-refractivity contribution in [1.82, 2.24) is 4.31 Å². The van der Waals surface area contributed by atoms with Gasteiger partial charge in [-0.3, -0.25) is 0 Å². The summed E-state index contributed by atoms with van der Waals surface area (Å²) in [5.74, 6) is 0. The van der Waals surface area contributed by atoms with Crippen LogP contribution in [0.25, 0.3) is 0 Å². The first kappa shape index (κ1) is 16.2. The third kappa shape index (κ3) is 3.63. The molecule has 1 aliphatic heterocycles. The van der Waals surface area contributed by atoms with E-state index >= 15 is 0 Å². The molecule has 4 nitrogen and oxygen atoms in total. The summed E-state index contributed by atoms with van der Waals surface area (Å²) in [7, 11) is -3.49. The van der Waals surface area contributed by atoms with Crippen molar-refractivity contribution >= 4 is 10.0 Å². The van der Waals surface area contributed by atoms with Crippen LogP contribution >= 0.6 is 0 Å². The van der Waals surface area contributed by atoms with Crippen LogP contribution in [0.3, 0.4) is 0 Å². The summed E-state index contributed by atoms with van der Waals surface area (Å²) >= 11 is 0. The molecule has 0 aliphatic carbocycles. The summed E-state index contributed by atoms with van der Waals surface area (Å²) < 4.78 is 33.2. The van der Waals surface area contributed by atoms with Crippen molar-refractivity contribution in [2.45, 2.75) is 24.3 Å². The maximum absolute atomic E-state index is 12.9. The van der Waals surface area contributed by atoms with Crippen LogP contribution in [0.2, 0.25) is 0 Å². The summed E-state index contributed by atoms with van der Waals surface area (Å²) in [4.78, 5) is 0.344. The Kier molecular flexibility index (Phi) is 4.80. The number of benzene rings is 2. The quantitative estimate of drug-likeness (QED) is 0.868. The SMILES string of the molecule is Cc1ccc(S(=O)(=O)N2CCCOC(c3ccccc3)C2)cc1. The molecule has 0 radical (unpaired) electrons. The Morgan fingerprint density at radius 2 is 1.74 bits per heavy atom. The first-order valence-corrected chi connectivity index (χ1v) is 9.25. The lowest BCUT2D eigenvalue weighted by atomic mass is 10.1. The van der Waals surface area contributed by atoms with Crippen molar-refractivity contribution in [1.29, 1.82) is 0 Å². The van der Waals surface area contributed by atoms with Gasteiger partial charge >= 0.3 is 0 Å². The van der Waals surface area contributed by atoms with Crippen LogP contribution < -0.4 is 0 Å². The summed E-state index contributed by atoms with van der Waals surface area (Å²) in [5, 5.41) is 0. The normalized spacial score (nSPS) is 20.1. The van der Waals surface area contributed by atoms with Gasteiger partial charge < -0.3 is 4.74 Å². The molecule has 1 atom stereocenters. The van der Waals surface area contributed by atoms with Crippen molar-refractivity contribution in [3.63, 3.8) is 0 Å². The van der Waals surface area contributed by atoms with Crippen molar-refractivity contribution in [2.75, 3.05) is 19.7 Å². The van der Waals surface area contributed by atoms with Crippen LogP contribution in [0.4, 0.5) is 0 Å². The van der Waals surface area contributed by atoms with E-state index in [1.807, 2.05) is 49.4 Å². The molecule has 0 amide bonds. The average Bonchev–Trinajstić information content (AvgIpc) is 2.83. The summed E-state index contributed by atoms with van der Waals surface area (Å²) in [6.45, 7) is 3.35. The molecule has 0 aromatic heterocycles. The van der Waals surface area contributed by atoms with E-state index in [0.29, 0.717) is 31.0 Å². The fourth-order valence-electron chi connectivity index (χ4n) is 2.74. The zero-order chi connectivity index (χ0) is 16.3. The van der Waals surface area contributed by atoms with Crippen LogP contribution in [0, 0.1) is 6.92 Å². The second-order valence-corrected chi connectivity index (χ2v) is 7.74. The smallest absolute Gasteiger partial charge is 0.243 e. The average molecular weight is 331 g/mol. The number of sulfonamides is 1. The van der Waals surface area contributed by atoms with Gasteiger partial charge in [-0.15, -0.1) is 0 Å². The molecule has 1 saturated heterocycles. The van der Waals surface area contributed by atoms with Gasteiger partial charge in [0.15, 0.2) is 0 Å². The highest BCUT2D eigenvalue weighted by molar-refractivity contribution is 7.89. The van der Waals surface area contributed by atoms with E-state index in [0.717, 1.165) is 11.1 Å². The molecule has 23 heavy (non-hydrogen) atoms. The van der Waals surface area contributed by atoms with E-state index in [1.54, 1.807) is 16.4 Å². The van der Waals surface area contributed by atoms with Crippen LogP contribution in [0.5, 0.6) is 0 Å². The van der Waals surface area contributed by atoms with Gasteiger partial charge in [0.05, 0.1) is 11.0 Å². The van der Waals surface area contributed by atoms with Gasteiger partial charge in [-0.05, 0) is 31.0 Å². The summed E-state index contributed by atoms with van der Waals surface area (Å²) in [6.07, 6.45) is 0.480. The molecule has 1 fully saturated rings. The number of nitrogens with zero attached hydrogens (tertiary/aromatic N) is 1. The Bertz CT molecular complexity index is 742. The molecule has 0 saturated carbocycles. The lowest BCUT2D eigenvalue weighted by Gasteiger charge is -2.23. The summed E-state index contributed by atoms with van der Waals surface area (Å²) in [5.41, 5.74) is 2.06. The van der Waals surface area contributed by atoms with Gasteiger partial charge in [0.1, 0.15) is 0 Å². The highest BCUT2D eigenvalue weighted by Crippen LogP contribution is 2.26. The minimum Gasteiger partial charge on any atom is -0.372 e. The van der Waals surface area contributed by atoms with Gasteiger partial charge in [0.25, 0.3) is 0 Å². The van der Waals surface area contributed by atoms with Crippen LogP contribution in [0.15, 0.2) is 59.5 Å². The number of hydrogen-bond donors (Lipinski definition) is 0. The third-order valence-corrected chi connectivity index (χ3v) is 5.95. The number of aryl methyl sites for hydroxylation is 1. The maximum atomic E-state index is 12.9. The highest BCUT2D eigenvalue weighted by atomic mass is 32.2. The Balaban J connectivity index is 1.87. The molecule has 1 heterocycles. The van der Waals surface area contributed by atoms with E-state index in [2.05, 4.69) is 0 Å². The van der Waals surface area contributed by atoms with Crippen molar-refractivity contribution < 1.29 is 13.2 Å². The van der Waals surface area contributed by atoms with Crippen LogP contribution in [0.1, 0.15) is 23.7 Å². The first-order chi connectivity index (χ1) is 11.1. The molecule has 3 rings (SSSR count). The Morgan fingerprint density at radius 1 is 1.04 bits per heavy atom. The van der Waals surface area contributed by atoms with Crippen LogP contribution in [-0.2, 0) is 14.8 Å². The van der Waals surface area contributed by atoms with E-state index in [4.69, 9.17) is 4.74 Å². The van der Waals surface area contributed by atoms with Gasteiger partial charge in [-0.2, -0.15) is 4.31 Å². The number of hydrogen-bond acceptors (Lipinski definition) is 3. The Morgan fingerprint density at radius 3 is 2.43 bits per heavy atom. The minimum atomic E-state index is -3.49. The van der Waals surface area contributed by atoms with Gasteiger partial charge in [-0.25, -0.2) is 8.42 Å². The molecule has 0 spiro atoms. The maximum Gasteiger partial charge on any atom is 0.243 e. The Hall–Kier alpha value is -1.69. The van der Waals surface area contributed by atoms with Crippen molar-refractivity contribution in [2.24, 2.45) is 0 Å².